The van der Waals surface area contributed by atoms with Gasteiger partial charge in [-0.3, -0.25) is 0 Å². The molecule has 2 aromatic carbocycles. The first-order valence-corrected chi connectivity index (χ1v) is 6.70. The molecule has 108 valence electrons. The van der Waals surface area contributed by atoms with Crippen LogP contribution in [-0.4, -0.2) is 14.2 Å². The standard InChI is InChI=1S/C16H15ClN2O2/c1-20-14-5-3-11(16(8-14)21-2)10-19-13-4-6-15(17)12(7-13)9-18/h3-8,19H,10H2,1-2H3. The molecule has 0 unspecified atom stereocenters. The van der Waals surface area contributed by atoms with E-state index in [1.54, 1.807) is 26.4 Å². The van der Waals surface area contributed by atoms with Crippen LogP contribution in [0.4, 0.5) is 5.69 Å². The van der Waals surface area contributed by atoms with Crippen molar-refractivity contribution in [3.8, 4) is 17.6 Å². The SMILES string of the molecule is COc1ccc(CNc2ccc(Cl)c(C#N)c2)c(OC)c1. The first-order chi connectivity index (χ1) is 10.2. The molecule has 0 heterocycles. The number of nitrogens with one attached hydrogen (secondary N) is 1. The Labute approximate surface area is 128 Å². The third-order valence-electron chi connectivity index (χ3n) is 3.06. The molecule has 2 rings (SSSR count). The number of nitriles is 1. The highest BCUT2D eigenvalue weighted by Crippen LogP contribution is 2.26. The zero-order valence-electron chi connectivity index (χ0n) is 11.8. The number of anilines is 1. The monoisotopic (exact) mass is 302 g/mol. The van der Waals surface area contributed by atoms with E-state index in [0.717, 1.165) is 22.7 Å². The molecule has 0 aliphatic carbocycles. The quantitative estimate of drug-likeness (QED) is 0.911. The molecule has 0 spiro atoms. The van der Waals surface area contributed by atoms with Crippen molar-refractivity contribution >= 4 is 17.3 Å². The molecule has 0 bridgehead atoms. The minimum atomic E-state index is 0.448. The van der Waals surface area contributed by atoms with Crippen molar-refractivity contribution in [2.24, 2.45) is 0 Å². The van der Waals surface area contributed by atoms with Crippen LogP contribution in [0.15, 0.2) is 36.4 Å². The van der Waals surface area contributed by atoms with Gasteiger partial charge in [-0.25, -0.2) is 0 Å². The number of methoxy groups -OCH3 is 2. The van der Waals surface area contributed by atoms with Gasteiger partial charge in [0.05, 0.1) is 24.8 Å². The van der Waals surface area contributed by atoms with Crippen molar-refractivity contribution < 1.29 is 9.47 Å². The van der Waals surface area contributed by atoms with Gasteiger partial charge in [-0.05, 0) is 30.3 Å². The molecule has 4 nitrogen and oxygen atoms in total. The number of hydrogen-bond donors (Lipinski definition) is 1. The van der Waals surface area contributed by atoms with E-state index >= 15 is 0 Å². The lowest BCUT2D eigenvalue weighted by molar-refractivity contribution is 0.391. The normalized spacial score (nSPS) is 9.81. The van der Waals surface area contributed by atoms with Crippen LogP contribution < -0.4 is 14.8 Å². The first-order valence-electron chi connectivity index (χ1n) is 6.32. The third kappa shape index (κ3) is 3.59. The number of ether oxygens (including phenoxy) is 2. The zero-order valence-corrected chi connectivity index (χ0v) is 12.6. The Kier molecular flexibility index (Phi) is 4.91. The number of halogens is 1. The first kappa shape index (κ1) is 15.0. The largest absolute Gasteiger partial charge is 0.497 e. The average molecular weight is 303 g/mol. The van der Waals surface area contributed by atoms with Gasteiger partial charge in [0.25, 0.3) is 0 Å². The fraction of sp³-hybridized carbons (Fsp3) is 0.188. The number of benzene rings is 2. The maximum absolute atomic E-state index is 8.97. The summed E-state index contributed by atoms with van der Waals surface area (Å²) in [5.74, 6) is 1.49. The third-order valence-corrected chi connectivity index (χ3v) is 3.39. The molecular formula is C16H15ClN2O2. The molecule has 0 fully saturated rings. The highest BCUT2D eigenvalue weighted by atomic mass is 35.5. The Morgan fingerprint density at radius 2 is 1.95 bits per heavy atom. The second kappa shape index (κ2) is 6.87. The summed E-state index contributed by atoms with van der Waals surface area (Å²) in [4.78, 5) is 0. The Balaban J connectivity index is 2.15. The lowest BCUT2D eigenvalue weighted by Gasteiger charge is -2.12. The van der Waals surface area contributed by atoms with Gasteiger partial charge >= 0.3 is 0 Å². The maximum Gasteiger partial charge on any atom is 0.127 e. The molecule has 5 heteroatoms. The van der Waals surface area contributed by atoms with Crippen molar-refractivity contribution in [1.29, 1.82) is 5.26 Å². The van der Waals surface area contributed by atoms with Crippen molar-refractivity contribution in [1.82, 2.24) is 0 Å². The fourth-order valence-electron chi connectivity index (χ4n) is 1.92. The van der Waals surface area contributed by atoms with E-state index in [4.69, 9.17) is 26.3 Å². The Bertz CT molecular complexity index is 680. The smallest absolute Gasteiger partial charge is 0.127 e. The highest BCUT2D eigenvalue weighted by Gasteiger charge is 2.06. The number of nitrogens with zero attached hydrogens (tertiary/aromatic N) is 1. The summed E-state index contributed by atoms with van der Waals surface area (Å²) in [5.41, 5.74) is 2.27. The summed E-state index contributed by atoms with van der Waals surface area (Å²) in [6.45, 7) is 0.569. The van der Waals surface area contributed by atoms with Crippen LogP contribution >= 0.6 is 11.6 Å². The molecule has 0 aliphatic rings. The Morgan fingerprint density at radius 3 is 2.62 bits per heavy atom. The molecule has 0 amide bonds. The molecule has 0 radical (unpaired) electrons. The second-order valence-electron chi connectivity index (χ2n) is 4.34. The summed E-state index contributed by atoms with van der Waals surface area (Å²) in [6, 6.07) is 13.0. The van der Waals surface area contributed by atoms with E-state index in [1.807, 2.05) is 24.3 Å². The summed E-state index contributed by atoms with van der Waals surface area (Å²) < 4.78 is 10.5. The molecule has 0 saturated heterocycles. The van der Waals surface area contributed by atoms with E-state index in [9.17, 15) is 0 Å². The van der Waals surface area contributed by atoms with Crippen molar-refractivity contribution in [2.75, 3.05) is 19.5 Å². The molecule has 1 N–H and O–H groups in total. The van der Waals surface area contributed by atoms with Gasteiger partial charge in [0.15, 0.2) is 0 Å². The molecule has 21 heavy (non-hydrogen) atoms. The van der Waals surface area contributed by atoms with Crippen LogP contribution in [0.5, 0.6) is 11.5 Å². The summed E-state index contributed by atoms with van der Waals surface area (Å²) in [5, 5.41) is 12.7. The van der Waals surface area contributed by atoms with Gasteiger partial charge in [0.1, 0.15) is 17.6 Å². The predicted octanol–water partition coefficient (Wildman–Crippen LogP) is 3.84. The molecule has 2 aromatic rings. The van der Waals surface area contributed by atoms with Gasteiger partial charge in [0.2, 0.25) is 0 Å². The number of hydrogen-bond acceptors (Lipinski definition) is 4. The Morgan fingerprint density at radius 1 is 1.14 bits per heavy atom. The Hall–Kier alpha value is -2.38. The van der Waals surface area contributed by atoms with Crippen LogP contribution in [-0.2, 0) is 6.54 Å². The predicted molar refractivity (Wildman–Crippen MR) is 83.0 cm³/mol. The maximum atomic E-state index is 8.97. The lowest BCUT2D eigenvalue weighted by Crippen LogP contribution is -2.02. The summed E-state index contributed by atoms with van der Waals surface area (Å²) in [6.07, 6.45) is 0. The van der Waals surface area contributed by atoms with Crippen molar-refractivity contribution in [3.05, 3.63) is 52.5 Å². The van der Waals surface area contributed by atoms with E-state index < -0.39 is 0 Å². The molecule has 0 saturated carbocycles. The van der Waals surface area contributed by atoms with Crippen molar-refractivity contribution in [2.45, 2.75) is 6.54 Å². The highest BCUT2D eigenvalue weighted by molar-refractivity contribution is 6.31. The molecule has 0 atom stereocenters. The zero-order chi connectivity index (χ0) is 15.2. The van der Waals surface area contributed by atoms with E-state index in [2.05, 4.69) is 11.4 Å². The average Bonchev–Trinajstić information content (AvgIpc) is 2.53. The van der Waals surface area contributed by atoms with Gasteiger partial charge in [-0.2, -0.15) is 5.26 Å². The number of rotatable bonds is 5. The van der Waals surface area contributed by atoms with Gasteiger partial charge in [-0.15, -0.1) is 0 Å². The van der Waals surface area contributed by atoms with Gasteiger partial charge in [-0.1, -0.05) is 11.6 Å². The summed E-state index contributed by atoms with van der Waals surface area (Å²) in [7, 11) is 3.23. The molecule has 0 aliphatic heterocycles. The minimum absolute atomic E-state index is 0.448. The van der Waals surface area contributed by atoms with E-state index in [1.165, 1.54) is 0 Å². The topological polar surface area (TPSA) is 54.3 Å². The van der Waals surface area contributed by atoms with Crippen LogP contribution in [0.1, 0.15) is 11.1 Å². The van der Waals surface area contributed by atoms with E-state index in [0.29, 0.717) is 17.1 Å². The van der Waals surface area contributed by atoms with Crippen LogP contribution in [0.25, 0.3) is 0 Å². The fourth-order valence-corrected chi connectivity index (χ4v) is 2.08. The van der Waals surface area contributed by atoms with Gasteiger partial charge in [0, 0.05) is 23.9 Å². The summed E-state index contributed by atoms with van der Waals surface area (Å²) >= 11 is 5.91. The van der Waals surface area contributed by atoms with Crippen LogP contribution in [0, 0.1) is 11.3 Å². The molecular weight excluding hydrogens is 288 g/mol. The molecule has 0 aromatic heterocycles. The van der Waals surface area contributed by atoms with E-state index in [-0.39, 0.29) is 0 Å². The van der Waals surface area contributed by atoms with Crippen LogP contribution in [0.3, 0.4) is 0 Å². The van der Waals surface area contributed by atoms with Crippen LogP contribution in [0.2, 0.25) is 5.02 Å². The minimum Gasteiger partial charge on any atom is -0.497 e. The lowest BCUT2D eigenvalue weighted by atomic mass is 10.1. The second-order valence-corrected chi connectivity index (χ2v) is 4.74. The van der Waals surface area contributed by atoms with Crippen molar-refractivity contribution in [3.63, 3.8) is 0 Å². The van der Waals surface area contributed by atoms with Gasteiger partial charge < -0.3 is 14.8 Å².